The highest BCUT2D eigenvalue weighted by Gasteiger charge is 2.03. The van der Waals surface area contributed by atoms with Crippen LogP contribution >= 0.6 is 0 Å². The van der Waals surface area contributed by atoms with Gasteiger partial charge in [-0.25, -0.2) is 0 Å². The maximum Gasteiger partial charge on any atom is 0.0994 e. The highest BCUT2D eigenvalue weighted by Crippen LogP contribution is 2.26. The molecule has 0 unspecified atom stereocenters. The number of benzene rings is 3. The van der Waals surface area contributed by atoms with Crippen molar-refractivity contribution in [2.45, 2.75) is 6.92 Å². The highest BCUT2D eigenvalue weighted by molar-refractivity contribution is 5.71. The minimum absolute atomic E-state index is 0.736. The smallest absolute Gasteiger partial charge is 0.0994 e. The summed E-state index contributed by atoms with van der Waals surface area (Å²) in [6.45, 7) is 1.97. The fourth-order valence-electron chi connectivity index (χ4n) is 2.45. The molecule has 0 heterocycles. The Hall–Kier alpha value is -2.85. The average molecular weight is 269 g/mol. The summed E-state index contributed by atoms with van der Waals surface area (Å²) in [6.07, 6.45) is 0. The summed E-state index contributed by atoms with van der Waals surface area (Å²) in [7, 11) is 0. The second-order valence-electron chi connectivity index (χ2n) is 5.08. The van der Waals surface area contributed by atoms with Crippen LogP contribution in [0.5, 0.6) is 0 Å². The molecule has 0 aliphatic rings. The van der Waals surface area contributed by atoms with Gasteiger partial charge in [0.15, 0.2) is 0 Å². The SMILES string of the molecule is Cc1cc(-c2ccc(-c3ccccc3)cc2)ccc1C#N. The van der Waals surface area contributed by atoms with E-state index < -0.39 is 0 Å². The molecule has 0 bridgehead atoms. The standard InChI is InChI=1S/C20H15N/c1-15-13-19(11-12-20(15)14-21)18-9-7-17(8-10-18)16-5-3-2-4-6-16/h2-13H,1H3. The molecule has 0 aromatic heterocycles. The van der Waals surface area contributed by atoms with Crippen LogP contribution < -0.4 is 0 Å². The van der Waals surface area contributed by atoms with Gasteiger partial charge in [-0.15, -0.1) is 0 Å². The van der Waals surface area contributed by atoms with Gasteiger partial charge < -0.3 is 0 Å². The van der Waals surface area contributed by atoms with Gasteiger partial charge in [-0.05, 0) is 40.8 Å². The van der Waals surface area contributed by atoms with Crippen molar-refractivity contribution in [1.82, 2.24) is 0 Å². The first-order chi connectivity index (χ1) is 10.3. The Morgan fingerprint density at radius 3 is 1.76 bits per heavy atom. The molecule has 1 heteroatoms. The maximum absolute atomic E-state index is 8.99. The van der Waals surface area contributed by atoms with Crippen LogP contribution in [0.2, 0.25) is 0 Å². The Morgan fingerprint density at radius 2 is 1.19 bits per heavy atom. The normalized spacial score (nSPS) is 10.1. The molecule has 0 radical (unpaired) electrons. The zero-order chi connectivity index (χ0) is 14.7. The van der Waals surface area contributed by atoms with E-state index in [1.807, 2.05) is 37.3 Å². The summed E-state index contributed by atoms with van der Waals surface area (Å²) >= 11 is 0. The monoisotopic (exact) mass is 269 g/mol. The molecule has 0 atom stereocenters. The van der Waals surface area contributed by atoms with Crippen LogP contribution in [0, 0.1) is 18.3 Å². The van der Waals surface area contributed by atoms with Crippen molar-refractivity contribution < 1.29 is 0 Å². The number of hydrogen-bond acceptors (Lipinski definition) is 1. The van der Waals surface area contributed by atoms with Crippen molar-refractivity contribution in [2.75, 3.05) is 0 Å². The highest BCUT2D eigenvalue weighted by atomic mass is 14.2. The van der Waals surface area contributed by atoms with Crippen LogP contribution in [0.1, 0.15) is 11.1 Å². The molecule has 3 aromatic carbocycles. The quantitative estimate of drug-likeness (QED) is 0.627. The topological polar surface area (TPSA) is 23.8 Å². The third-order valence-electron chi connectivity index (χ3n) is 3.67. The van der Waals surface area contributed by atoms with Crippen molar-refractivity contribution in [1.29, 1.82) is 5.26 Å². The van der Waals surface area contributed by atoms with Gasteiger partial charge in [0.1, 0.15) is 0 Å². The lowest BCUT2D eigenvalue weighted by atomic mass is 9.98. The molecule has 1 nitrogen and oxygen atoms in total. The Kier molecular flexibility index (Phi) is 3.53. The van der Waals surface area contributed by atoms with E-state index in [0.29, 0.717) is 0 Å². The average Bonchev–Trinajstić information content (AvgIpc) is 2.56. The predicted octanol–water partition coefficient (Wildman–Crippen LogP) is 5.20. The molecular weight excluding hydrogens is 254 g/mol. The lowest BCUT2D eigenvalue weighted by molar-refractivity contribution is 1.39. The van der Waals surface area contributed by atoms with E-state index in [2.05, 4.69) is 48.5 Å². The van der Waals surface area contributed by atoms with E-state index in [1.165, 1.54) is 16.7 Å². The predicted molar refractivity (Wildman–Crippen MR) is 86.8 cm³/mol. The second kappa shape index (κ2) is 5.64. The fourth-order valence-corrected chi connectivity index (χ4v) is 2.45. The van der Waals surface area contributed by atoms with Crippen LogP contribution in [0.4, 0.5) is 0 Å². The van der Waals surface area contributed by atoms with E-state index in [0.717, 1.165) is 16.7 Å². The number of nitrogens with zero attached hydrogens (tertiary/aromatic N) is 1. The third-order valence-corrected chi connectivity index (χ3v) is 3.67. The molecule has 0 aliphatic carbocycles. The molecule has 0 fully saturated rings. The van der Waals surface area contributed by atoms with Crippen molar-refractivity contribution >= 4 is 0 Å². The lowest BCUT2D eigenvalue weighted by Crippen LogP contribution is -1.85. The van der Waals surface area contributed by atoms with Gasteiger partial charge in [-0.2, -0.15) is 5.26 Å². The van der Waals surface area contributed by atoms with Gasteiger partial charge in [0, 0.05) is 0 Å². The summed E-state index contributed by atoms with van der Waals surface area (Å²) in [6, 6.07) is 27.0. The van der Waals surface area contributed by atoms with E-state index in [4.69, 9.17) is 5.26 Å². The van der Waals surface area contributed by atoms with Crippen LogP contribution in [0.3, 0.4) is 0 Å². The first-order valence-electron chi connectivity index (χ1n) is 6.94. The molecule has 0 aliphatic heterocycles. The number of rotatable bonds is 2. The first kappa shape index (κ1) is 13.1. The van der Waals surface area contributed by atoms with E-state index in [1.54, 1.807) is 0 Å². The fraction of sp³-hybridized carbons (Fsp3) is 0.0500. The summed E-state index contributed by atoms with van der Waals surface area (Å²) in [5, 5.41) is 8.99. The Labute approximate surface area is 125 Å². The first-order valence-corrected chi connectivity index (χ1v) is 6.94. The molecule has 3 rings (SSSR count). The molecular formula is C20H15N. The summed E-state index contributed by atoms with van der Waals surface area (Å²) in [5.41, 5.74) is 6.50. The van der Waals surface area contributed by atoms with Gasteiger partial charge in [0.25, 0.3) is 0 Å². The van der Waals surface area contributed by atoms with Crippen LogP contribution in [-0.2, 0) is 0 Å². The van der Waals surface area contributed by atoms with Crippen LogP contribution in [0.25, 0.3) is 22.3 Å². The summed E-state index contributed by atoms with van der Waals surface area (Å²) < 4.78 is 0. The van der Waals surface area contributed by atoms with Gasteiger partial charge in [0.2, 0.25) is 0 Å². The number of aryl methyl sites for hydroxylation is 1. The van der Waals surface area contributed by atoms with Gasteiger partial charge in [-0.1, -0.05) is 66.7 Å². The van der Waals surface area contributed by atoms with Gasteiger partial charge >= 0.3 is 0 Å². The van der Waals surface area contributed by atoms with Gasteiger partial charge in [0.05, 0.1) is 11.6 Å². The van der Waals surface area contributed by atoms with Crippen molar-refractivity contribution in [2.24, 2.45) is 0 Å². The molecule has 3 aromatic rings. The minimum atomic E-state index is 0.736. The molecule has 0 saturated carbocycles. The Bertz CT molecular complexity index is 793. The molecule has 0 N–H and O–H groups in total. The second-order valence-corrected chi connectivity index (χ2v) is 5.08. The van der Waals surface area contributed by atoms with Gasteiger partial charge in [-0.3, -0.25) is 0 Å². The van der Waals surface area contributed by atoms with E-state index in [-0.39, 0.29) is 0 Å². The third kappa shape index (κ3) is 2.70. The molecule has 0 spiro atoms. The van der Waals surface area contributed by atoms with E-state index in [9.17, 15) is 0 Å². The van der Waals surface area contributed by atoms with E-state index >= 15 is 0 Å². The zero-order valence-electron chi connectivity index (χ0n) is 11.9. The van der Waals surface area contributed by atoms with Crippen LogP contribution in [-0.4, -0.2) is 0 Å². The van der Waals surface area contributed by atoms with Crippen LogP contribution in [0.15, 0.2) is 72.8 Å². The molecule has 21 heavy (non-hydrogen) atoms. The Balaban J connectivity index is 1.95. The van der Waals surface area contributed by atoms with Crippen molar-refractivity contribution in [3.8, 4) is 28.3 Å². The maximum atomic E-state index is 8.99. The zero-order valence-corrected chi connectivity index (χ0v) is 11.9. The molecule has 100 valence electrons. The summed E-state index contributed by atoms with van der Waals surface area (Å²) in [5.74, 6) is 0. The molecule has 0 saturated heterocycles. The summed E-state index contributed by atoms with van der Waals surface area (Å²) in [4.78, 5) is 0. The van der Waals surface area contributed by atoms with Crippen molar-refractivity contribution in [3.63, 3.8) is 0 Å². The van der Waals surface area contributed by atoms with Crippen molar-refractivity contribution in [3.05, 3.63) is 83.9 Å². The largest absolute Gasteiger partial charge is 0.192 e. The Morgan fingerprint density at radius 1 is 0.667 bits per heavy atom. The number of nitriles is 1. The molecule has 0 amide bonds. The number of hydrogen-bond donors (Lipinski definition) is 0. The lowest BCUT2D eigenvalue weighted by Gasteiger charge is -2.06. The minimum Gasteiger partial charge on any atom is -0.192 e.